The maximum Gasteiger partial charge on any atom is 0.230 e. The zero-order valence-electron chi connectivity index (χ0n) is 8.19. The Labute approximate surface area is 84.0 Å². The Kier molecular flexibility index (Phi) is 3.46. The summed E-state index contributed by atoms with van der Waals surface area (Å²) in [6.45, 7) is 0.960. The van der Waals surface area contributed by atoms with E-state index in [-0.39, 0.29) is 5.91 Å². The summed E-state index contributed by atoms with van der Waals surface area (Å²) in [7, 11) is 3.65. The number of nitrogens with zero attached hydrogens (tertiary/aromatic N) is 2. The summed E-state index contributed by atoms with van der Waals surface area (Å²) < 4.78 is 9.09. The van der Waals surface area contributed by atoms with Crippen LogP contribution >= 0.6 is 6.57 Å². The monoisotopic (exact) mass is 222 g/mol. The molecule has 0 aliphatic carbocycles. The van der Waals surface area contributed by atoms with Crippen LogP contribution in [-0.2, 0) is 21.1 Å². The topological polar surface area (TPSA) is 32.8 Å². The molecule has 0 saturated carbocycles. The number of carbonyl (C=O) groups excluding carboxylic acids is 1. The normalized spacial score (nSPS) is 31.0. The molecule has 1 unspecified atom stereocenters. The number of amides is 1. The highest BCUT2D eigenvalue weighted by Gasteiger charge is 2.36. The number of rotatable bonds is 2. The summed E-state index contributed by atoms with van der Waals surface area (Å²) >= 11 is 5.40. The molecule has 4 nitrogen and oxygen atoms in total. The highest BCUT2D eigenvalue weighted by molar-refractivity contribution is 8.10. The summed E-state index contributed by atoms with van der Waals surface area (Å²) in [5.41, 5.74) is 0. The lowest BCUT2D eigenvalue weighted by molar-refractivity contribution is -0.127. The van der Waals surface area contributed by atoms with Crippen LogP contribution in [0.5, 0.6) is 0 Å². The molecule has 0 spiro atoms. The van der Waals surface area contributed by atoms with E-state index in [4.69, 9.17) is 16.3 Å². The van der Waals surface area contributed by atoms with E-state index in [1.165, 1.54) is 0 Å². The third-order valence-corrected chi connectivity index (χ3v) is 6.64. The molecular weight excluding hydrogens is 207 g/mol. The number of hydrogen-bond donors (Lipinski definition) is 0. The van der Waals surface area contributed by atoms with E-state index in [0.29, 0.717) is 19.6 Å². The largest absolute Gasteiger partial charge is 0.323 e. The molecule has 0 aromatic carbocycles. The lowest BCUT2D eigenvalue weighted by Crippen LogP contribution is -2.39. The first-order valence-corrected chi connectivity index (χ1v) is 6.88. The molecule has 0 bridgehead atoms. The van der Waals surface area contributed by atoms with Crippen molar-refractivity contribution in [1.82, 2.24) is 9.34 Å². The second-order valence-corrected chi connectivity index (χ2v) is 6.91. The number of carbonyl (C=O) groups is 1. The Hall–Kier alpha value is 0.0400. The average Bonchev–Trinajstić information content (AvgIpc) is 2.10. The fraction of sp³-hybridized carbons (Fsp3) is 0.857. The van der Waals surface area contributed by atoms with Crippen molar-refractivity contribution < 1.29 is 9.32 Å². The third kappa shape index (κ3) is 1.94. The summed E-state index contributed by atoms with van der Waals surface area (Å²) in [4.78, 5) is 11.4. The first-order chi connectivity index (χ1) is 6.02. The van der Waals surface area contributed by atoms with E-state index in [0.717, 1.165) is 0 Å². The van der Waals surface area contributed by atoms with Gasteiger partial charge < -0.3 is 4.52 Å². The SMILES string of the molecule is CCOP1(=S)N(C)CCC(=O)N1C. The van der Waals surface area contributed by atoms with Crippen molar-refractivity contribution in [1.29, 1.82) is 0 Å². The molecule has 1 atom stereocenters. The van der Waals surface area contributed by atoms with Crippen LogP contribution in [0.25, 0.3) is 0 Å². The van der Waals surface area contributed by atoms with Crippen LogP contribution in [0.4, 0.5) is 0 Å². The first kappa shape index (κ1) is 11.1. The number of hydrogen-bond acceptors (Lipinski definition) is 3. The highest BCUT2D eigenvalue weighted by Crippen LogP contribution is 2.55. The first-order valence-electron chi connectivity index (χ1n) is 4.25. The molecule has 1 aliphatic heterocycles. The molecule has 0 radical (unpaired) electrons. The second-order valence-electron chi connectivity index (χ2n) is 2.96. The maximum atomic E-state index is 11.4. The van der Waals surface area contributed by atoms with Gasteiger partial charge >= 0.3 is 0 Å². The quantitative estimate of drug-likeness (QED) is 0.654. The molecule has 1 saturated heterocycles. The van der Waals surface area contributed by atoms with Gasteiger partial charge in [-0.3, -0.25) is 9.46 Å². The zero-order valence-corrected chi connectivity index (χ0v) is 9.90. The van der Waals surface area contributed by atoms with Crippen LogP contribution < -0.4 is 0 Å². The minimum absolute atomic E-state index is 0.0925. The van der Waals surface area contributed by atoms with Crippen molar-refractivity contribution in [3.8, 4) is 0 Å². The average molecular weight is 222 g/mol. The van der Waals surface area contributed by atoms with E-state index >= 15 is 0 Å². The van der Waals surface area contributed by atoms with Crippen LogP contribution in [0.2, 0.25) is 0 Å². The van der Waals surface area contributed by atoms with Gasteiger partial charge in [0, 0.05) is 20.0 Å². The molecule has 6 heteroatoms. The maximum absolute atomic E-state index is 11.4. The van der Waals surface area contributed by atoms with Gasteiger partial charge in [0.25, 0.3) is 0 Å². The molecule has 0 N–H and O–H groups in total. The summed E-state index contributed by atoms with van der Waals surface area (Å²) in [6.07, 6.45) is 0.540. The Morgan fingerprint density at radius 3 is 2.77 bits per heavy atom. The molecule has 1 amide bonds. The predicted molar refractivity (Wildman–Crippen MR) is 55.9 cm³/mol. The molecule has 1 rings (SSSR count). The van der Waals surface area contributed by atoms with Crippen molar-refractivity contribution in [3.63, 3.8) is 0 Å². The standard InChI is InChI=1S/C7H15N2O2PS/c1-4-11-12(13)8(2)6-5-7(10)9(12)3/h4-6H2,1-3H3. The Morgan fingerprint density at radius 1 is 1.62 bits per heavy atom. The van der Waals surface area contributed by atoms with Crippen LogP contribution in [0.15, 0.2) is 0 Å². The van der Waals surface area contributed by atoms with Gasteiger partial charge in [-0.2, -0.15) is 0 Å². The van der Waals surface area contributed by atoms with Crippen LogP contribution in [-0.4, -0.2) is 42.5 Å². The van der Waals surface area contributed by atoms with Gasteiger partial charge in [0.1, 0.15) is 0 Å². The van der Waals surface area contributed by atoms with Crippen LogP contribution in [0.3, 0.4) is 0 Å². The molecule has 1 aliphatic rings. The summed E-state index contributed by atoms with van der Waals surface area (Å²) in [5, 5.41) is 0. The Balaban J connectivity index is 2.88. The van der Waals surface area contributed by atoms with E-state index in [1.807, 2.05) is 18.6 Å². The second kappa shape index (κ2) is 4.05. The van der Waals surface area contributed by atoms with Gasteiger partial charge in [0.05, 0.1) is 6.61 Å². The Morgan fingerprint density at radius 2 is 2.23 bits per heavy atom. The van der Waals surface area contributed by atoms with Crippen molar-refractivity contribution in [3.05, 3.63) is 0 Å². The predicted octanol–water partition coefficient (Wildman–Crippen LogP) is 1.04. The minimum Gasteiger partial charge on any atom is -0.323 e. The molecule has 1 heterocycles. The fourth-order valence-electron chi connectivity index (χ4n) is 1.27. The van der Waals surface area contributed by atoms with Gasteiger partial charge in [-0.15, -0.1) is 0 Å². The van der Waals surface area contributed by atoms with Crippen LogP contribution in [0.1, 0.15) is 13.3 Å². The van der Waals surface area contributed by atoms with E-state index in [1.54, 1.807) is 11.7 Å². The lowest BCUT2D eigenvalue weighted by atomic mass is 10.4. The zero-order chi connectivity index (χ0) is 10.1. The van der Waals surface area contributed by atoms with Gasteiger partial charge in [-0.1, -0.05) is 0 Å². The lowest BCUT2D eigenvalue weighted by Gasteiger charge is -2.41. The van der Waals surface area contributed by atoms with E-state index in [9.17, 15) is 4.79 Å². The van der Waals surface area contributed by atoms with E-state index < -0.39 is 6.57 Å². The van der Waals surface area contributed by atoms with Gasteiger partial charge in [0.15, 0.2) is 0 Å². The molecule has 1 fully saturated rings. The smallest absolute Gasteiger partial charge is 0.230 e. The fourth-order valence-corrected chi connectivity index (χ4v) is 4.00. The molecule has 0 aromatic heterocycles. The molecule has 13 heavy (non-hydrogen) atoms. The molecule has 76 valence electrons. The van der Waals surface area contributed by atoms with Crippen molar-refractivity contribution in [2.75, 3.05) is 27.2 Å². The third-order valence-electron chi connectivity index (χ3n) is 2.12. The minimum atomic E-state index is -2.20. The van der Waals surface area contributed by atoms with Crippen LogP contribution in [0, 0.1) is 0 Å². The van der Waals surface area contributed by atoms with Crippen molar-refractivity contribution in [2.45, 2.75) is 13.3 Å². The van der Waals surface area contributed by atoms with Gasteiger partial charge in [0.2, 0.25) is 12.5 Å². The van der Waals surface area contributed by atoms with Gasteiger partial charge in [-0.25, -0.2) is 4.67 Å². The van der Waals surface area contributed by atoms with Gasteiger partial charge in [-0.05, 0) is 25.8 Å². The Bertz CT molecular complexity index is 259. The molecular formula is C7H15N2O2PS. The highest BCUT2D eigenvalue weighted by atomic mass is 32.5. The summed E-state index contributed by atoms with van der Waals surface area (Å²) in [5.74, 6) is 0.0925. The van der Waals surface area contributed by atoms with Crippen molar-refractivity contribution in [2.24, 2.45) is 0 Å². The summed E-state index contributed by atoms with van der Waals surface area (Å²) in [6, 6.07) is 0. The van der Waals surface area contributed by atoms with E-state index in [2.05, 4.69) is 0 Å². The molecule has 0 aromatic rings. The van der Waals surface area contributed by atoms with Crippen molar-refractivity contribution >= 4 is 24.3 Å².